The van der Waals surface area contributed by atoms with Gasteiger partial charge < -0.3 is 5.32 Å². The zero-order chi connectivity index (χ0) is 12.5. The van der Waals surface area contributed by atoms with Gasteiger partial charge in [-0.2, -0.15) is 0 Å². The molecule has 0 amide bonds. The van der Waals surface area contributed by atoms with Crippen LogP contribution in [0.2, 0.25) is 0 Å². The molecule has 18 heavy (non-hydrogen) atoms. The average Bonchev–Trinajstić information content (AvgIpc) is 2.90. The quantitative estimate of drug-likeness (QED) is 0.645. The number of nitrogens with zero attached hydrogens (tertiary/aromatic N) is 2. The van der Waals surface area contributed by atoms with E-state index in [-0.39, 0.29) is 10.6 Å². The molecule has 2 saturated heterocycles. The maximum Gasteiger partial charge on any atom is 0.269 e. The first-order chi connectivity index (χ1) is 8.72. The van der Waals surface area contributed by atoms with Crippen LogP contribution in [-0.2, 0) is 6.54 Å². The predicted octanol–water partition coefficient (Wildman–Crippen LogP) is 1.25. The van der Waals surface area contributed by atoms with E-state index in [9.17, 15) is 10.1 Å². The van der Waals surface area contributed by atoms with Gasteiger partial charge in [0.25, 0.3) is 5.69 Å². The largest absolute Gasteiger partial charge is 0.316 e. The van der Waals surface area contributed by atoms with Crippen LogP contribution in [0.1, 0.15) is 5.56 Å². The Morgan fingerprint density at radius 1 is 1.22 bits per heavy atom. The highest BCUT2D eigenvalue weighted by Crippen LogP contribution is 2.27. The third-order valence-corrected chi connectivity index (χ3v) is 4.02. The van der Waals surface area contributed by atoms with E-state index in [1.54, 1.807) is 12.1 Å². The van der Waals surface area contributed by atoms with Crippen LogP contribution in [0.4, 0.5) is 5.69 Å². The molecular formula is C13H17N3O2. The first-order valence-electron chi connectivity index (χ1n) is 6.39. The lowest BCUT2D eigenvalue weighted by Gasteiger charge is -2.16. The molecule has 2 aliphatic rings. The Morgan fingerprint density at radius 3 is 2.39 bits per heavy atom. The Labute approximate surface area is 106 Å². The molecule has 2 heterocycles. The van der Waals surface area contributed by atoms with Crippen molar-refractivity contribution >= 4 is 5.69 Å². The second-order valence-electron chi connectivity index (χ2n) is 5.30. The summed E-state index contributed by atoms with van der Waals surface area (Å²) in [5, 5.41) is 14.0. The van der Waals surface area contributed by atoms with Gasteiger partial charge in [0.2, 0.25) is 0 Å². The summed E-state index contributed by atoms with van der Waals surface area (Å²) in [5.74, 6) is 1.59. The second-order valence-corrected chi connectivity index (χ2v) is 5.30. The van der Waals surface area contributed by atoms with Crippen molar-refractivity contribution in [2.45, 2.75) is 6.54 Å². The summed E-state index contributed by atoms with van der Waals surface area (Å²) >= 11 is 0. The van der Waals surface area contributed by atoms with E-state index in [1.807, 2.05) is 12.1 Å². The van der Waals surface area contributed by atoms with Gasteiger partial charge in [-0.3, -0.25) is 15.0 Å². The molecule has 2 fully saturated rings. The molecule has 0 aromatic heterocycles. The lowest BCUT2D eigenvalue weighted by Crippen LogP contribution is -2.25. The van der Waals surface area contributed by atoms with Gasteiger partial charge in [0.1, 0.15) is 0 Å². The van der Waals surface area contributed by atoms with Gasteiger partial charge in [-0.25, -0.2) is 0 Å². The number of hydrogen-bond donors (Lipinski definition) is 1. The fourth-order valence-corrected chi connectivity index (χ4v) is 3.06. The summed E-state index contributed by atoms with van der Waals surface area (Å²) in [4.78, 5) is 12.7. The standard InChI is InChI=1S/C13H17N3O2/c17-16(18)13-3-1-10(2-4-13)7-15-8-11-5-14-6-12(11)9-15/h1-4,11-12,14H,5-9H2/t11-,12+. The van der Waals surface area contributed by atoms with E-state index in [4.69, 9.17) is 0 Å². The Hall–Kier alpha value is -1.46. The van der Waals surface area contributed by atoms with Gasteiger partial charge in [-0.1, -0.05) is 12.1 Å². The van der Waals surface area contributed by atoms with Crippen LogP contribution >= 0.6 is 0 Å². The van der Waals surface area contributed by atoms with Gasteiger partial charge >= 0.3 is 0 Å². The monoisotopic (exact) mass is 247 g/mol. The molecule has 96 valence electrons. The molecule has 0 aliphatic carbocycles. The summed E-state index contributed by atoms with van der Waals surface area (Å²) in [6, 6.07) is 6.91. The van der Waals surface area contributed by atoms with Crippen molar-refractivity contribution in [3.05, 3.63) is 39.9 Å². The van der Waals surface area contributed by atoms with Crippen molar-refractivity contribution in [2.24, 2.45) is 11.8 Å². The summed E-state index contributed by atoms with van der Waals surface area (Å²) < 4.78 is 0. The van der Waals surface area contributed by atoms with Crippen LogP contribution in [0.3, 0.4) is 0 Å². The van der Waals surface area contributed by atoms with Crippen LogP contribution in [0.5, 0.6) is 0 Å². The first kappa shape index (κ1) is 11.6. The summed E-state index contributed by atoms with van der Waals surface area (Å²) in [7, 11) is 0. The van der Waals surface area contributed by atoms with Crippen LogP contribution in [0, 0.1) is 22.0 Å². The minimum absolute atomic E-state index is 0.168. The average molecular weight is 247 g/mol. The lowest BCUT2D eigenvalue weighted by molar-refractivity contribution is -0.384. The van der Waals surface area contributed by atoms with E-state index >= 15 is 0 Å². The molecular weight excluding hydrogens is 230 g/mol. The van der Waals surface area contributed by atoms with Crippen LogP contribution < -0.4 is 5.32 Å². The molecule has 0 radical (unpaired) electrons. The number of nitro benzene ring substituents is 1. The number of non-ortho nitro benzene ring substituents is 1. The smallest absolute Gasteiger partial charge is 0.269 e. The van der Waals surface area contributed by atoms with Crippen LogP contribution in [0.25, 0.3) is 0 Å². The first-order valence-corrected chi connectivity index (χ1v) is 6.39. The van der Waals surface area contributed by atoms with Gasteiger partial charge in [-0.05, 0) is 30.5 Å². The minimum atomic E-state index is -0.351. The van der Waals surface area contributed by atoms with Crippen LogP contribution in [0.15, 0.2) is 24.3 Å². The number of rotatable bonds is 3. The van der Waals surface area contributed by atoms with E-state index < -0.39 is 0 Å². The molecule has 2 atom stereocenters. The number of fused-ring (bicyclic) bond motifs is 1. The van der Waals surface area contributed by atoms with E-state index in [0.717, 1.165) is 50.1 Å². The number of hydrogen-bond acceptors (Lipinski definition) is 4. The van der Waals surface area contributed by atoms with Crippen molar-refractivity contribution in [2.75, 3.05) is 26.2 Å². The number of nitrogens with one attached hydrogen (secondary N) is 1. The third kappa shape index (κ3) is 2.23. The van der Waals surface area contributed by atoms with Gasteiger partial charge in [0.05, 0.1) is 4.92 Å². The molecule has 3 rings (SSSR count). The molecule has 0 bridgehead atoms. The Kier molecular flexibility index (Phi) is 3.01. The maximum absolute atomic E-state index is 10.6. The van der Waals surface area contributed by atoms with Crippen molar-refractivity contribution in [1.82, 2.24) is 10.2 Å². The highest BCUT2D eigenvalue weighted by molar-refractivity contribution is 5.32. The minimum Gasteiger partial charge on any atom is -0.316 e. The molecule has 1 N–H and O–H groups in total. The van der Waals surface area contributed by atoms with Crippen molar-refractivity contribution in [1.29, 1.82) is 0 Å². The fraction of sp³-hybridized carbons (Fsp3) is 0.538. The van der Waals surface area contributed by atoms with Gasteiger partial charge in [0, 0.05) is 31.8 Å². The Balaban J connectivity index is 1.61. The van der Waals surface area contributed by atoms with Gasteiger partial charge in [0.15, 0.2) is 0 Å². The van der Waals surface area contributed by atoms with Crippen molar-refractivity contribution in [3.8, 4) is 0 Å². The Morgan fingerprint density at radius 2 is 1.83 bits per heavy atom. The summed E-state index contributed by atoms with van der Waals surface area (Å²) in [5.41, 5.74) is 1.33. The van der Waals surface area contributed by atoms with Crippen LogP contribution in [-0.4, -0.2) is 36.0 Å². The zero-order valence-electron chi connectivity index (χ0n) is 10.2. The van der Waals surface area contributed by atoms with E-state index in [2.05, 4.69) is 10.2 Å². The highest BCUT2D eigenvalue weighted by atomic mass is 16.6. The van der Waals surface area contributed by atoms with Crippen molar-refractivity contribution < 1.29 is 4.92 Å². The Bertz CT molecular complexity index is 434. The molecule has 0 unspecified atom stereocenters. The lowest BCUT2D eigenvalue weighted by atomic mass is 10.0. The SMILES string of the molecule is O=[N+]([O-])c1ccc(CN2C[C@H]3CNC[C@H]3C2)cc1. The predicted molar refractivity (Wildman–Crippen MR) is 68.2 cm³/mol. The molecule has 0 spiro atoms. The van der Waals surface area contributed by atoms with Crippen molar-refractivity contribution in [3.63, 3.8) is 0 Å². The van der Waals surface area contributed by atoms with Gasteiger partial charge in [-0.15, -0.1) is 0 Å². The fourth-order valence-electron chi connectivity index (χ4n) is 3.06. The number of benzene rings is 1. The normalized spacial score (nSPS) is 27.3. The highest BCUT2D eigenvalue weighted by Gasteiger charge is 2.35. The topological polar surface area (TPSA) is 58.4 Å². The third-order valence-electron chi connectivity index (χ3n) is 4.02. The molecule has 0 saturated carbocycles. The summed E-state index contributed by atoms with van der Waals surface area (Å²) in [6.45, 7) is 5.48. The summed E-state index contributed by atoms with van der Waals surface area (Å²) in [6.07, 6.45) is 0. The zero-order valence-corrected chi connectivity index (χ0v) is 10.2. The molecule has 5 nitrogen and oxygen atoms in total. The molecule has 1 aromatic carbocycles. The number of likely N-dealkylation sites (tertiary alicyclic amines) is 1. The molecule has 2 aliphatic heterocycles. The van der Waals surface area contributed by atoms with E-state index in [1.165, 1.54) is 0 Å². The second kappa shape index (κ2) is 4.66. The number of nitro groups is 1. The molecule has 5 heteroatoms. The molecule has 1 aromatic rings. The van der Waals surface area contributed by atoms with E-state index in [0.29, 0.717) is 0 Å². The maximum atomic E-state index is 10.6.